The Labute approximate surface area is 158 Å². The molecule has 138 valence electrons. The van der Waals surface area contributed by atoms with E-state index in [4.69, 9.17) is 4.42 Å². The van der Waals surface area contributed by atoms with Gasteiger partial charge in [-0.15, -0.1) is 11.3 Å². The van der Waals surface area contributed by atoms with Crippen LogP contribution in [0.3, 0.4) is 0 Å². The SMILES string of the molecule is O=C(N=c1sccn1Cc1ccc(C(=O)NC2CC2)o1)c1ccc(F)cc1. The number of carbonyl (C=O) groups is 2. The molecule has 2 amide bonds. The van der Waals surface area contributed by atoms with Crippen LogP contribution in [0.25, 0.3) is 0 Å². The molecule has 2 heterocycles. The number of benzene rings is 1. The lowest BCUT2D eigenvalue weighted by Gasteiger charge is -2.01. The van der Waals surface area contributed by atoms with E-state index in [1.165, 1.54) is 35.6 Å². The molecule has 0 spiro atoms. The normalized spacial score (nSPS) is 14.3. The Kier molecular flexibility index (Phi) is 4.72. The minimum atomic E-state index is -0.449. The highest BCUT2D eigenvalue weighted by Gasteiger charge is 2.25. The fraction of sp³-hybridized carbons (Fsp3) is 0.211. The lowest BCUT2D eigenvalue weighted by molar-refractivity contribution is 0.0920. The topological polar surface area (TPSA) is 76.6 Å². The van der Waals surface area contributed by atoms with Gasteiger partial charge in [0.2, 0.25) is 0 Å². The first-order valence-electron chi connectivity index (χ1n) is 8.46. The first kappa shape index (κ1) is 17.4. The van der Waals surface area contributed by atoms with Crippen LogP contribution in [0.4, 0.5) is 4.39 Å². The highest BCUT2D eigenvalue weighted by Crippen LogP contribution is 2.20. The minimum Gasteiger partial charge on any atom is -0.454 e. The van der Waals surface area contributed by atoms with Crippen LogP contribution in [0.2, 0.25) is 0 Å². The summed E-state index contributed by atoms with van der Waals surface area (Å²) < 4.78 is 20.3. The smallest absolute Gasteiger partial charge is 0.287 e. The van der Waals surface area contributed by atoms with Gasteiger partial charge in [0.15, 0.2) is 10.6 Å². The molecular weight excluding hydrogens is 369 g/mol. The molecule has 0 radical (unpaired) electrons. The van der Waals surface area contributed by atoms with Crippen LogP contribution < -0.4 is 10.1 Å². The molecule has 27 heavy (non-hydrogen) atoms. The van der Waals surface area contributed by atoms with Crippen molar-refractivity contribution >= 4 is 23.2 Å². The standard InChI is InChI=1S/C19H16FN3O3S/c20-13-3-1-12(2-4-13)17(24)22-19-23(9-10-27-19)11-15-7-8-16(26-15)18(25)21-14-5-6-14/h1-4,7-10,14H,5-6,11H2,(H,21,25). The Morgan fingerprint density at radius 3 is 2.74 bits per heavy atom. The van der Waals surface area contributed by atoms with Crippen LogP contribution in [-0.4, -0.2) is 22.4 Å². The molecular formula is C19H16FN3O3S. The summed E-state index contributed by atoms with van der Waals surface area (Å²) in [5, 5.41) is 4.68. The number of amides is 2. The number of furan rings is 1. The number of hydrogen-bond donors (Lipinski definition) is 1. The maximum Gasteiger partial charge on any atom is 0.287 e. The van der Waals surface area contributed by atoms with Crippen molar-refractivity contribution in [3.8, 4) is 0 Å². The Morgan fingerprint density at radius 1 is 1.22 bits per heavy atom. The molecule has 1 aliphatic carbocycles. The second-order valence-electron chi connectivity index (χ2n) is 6.25. The minimum absolute atomic E-state index is 0.213. The second-order valence-corrected chi connectivity index (χ2v) is 7.12. The van der Waals surface area contributed by atoms with E-state index in [9.17, 15) is 14.0 Å². The van der Waals surface area contributed by atoms with Gasteiger partial charge in [0.1, 0.15) is 11.6 Å². The highest BCUT2D eigenvalue weighted by molar-refractivity contribution is 7.07. The van der Waals surface area contributed by atoms with Crippen LogP contribution >= 0.6 is 11.3 Å². The zero-order valence-corrected chi connectivity index (χ0v) is 15.0. The van der Waals surface area contributed by atoms with Gasteiger partial charge in [0, 0.05) is 23.2 Å². The summed E-state index contributed by atoms with van der Waals surface area (Å²) >= 11 is 1.31. The number of thiazole rings is 1. The van der Waals surface area contributed by atoms with Crippen LogP contribution in [0.1, 0.15) is 39.5 Å². The van der Waals surface area contributed by atoms with Gasteiger partial charge in [-0.25, -0.2) is 4.39 Å². The van der Waals surface area contributed by atoms with Crippen LogP contribution in [0.15, 0.2) is 57.4 Å². The van der Waals surface area contributed by atoms with Crippen molar-refractivity contribution < 1.29 is 18.4 Å². The van der Waals surface area contributed by atoms with E-state index in [1.807, 2.05) is 0 Å². The number of hydrogen-bond acceptors (Lipinski definition) is 4. The first-order chi connectivity index (χ1) is 13.1. The predicted molar refractivity (Wildman–Crippen MR) is 96.9 cm³/mol. The van der Waals surface area contributed by atoms with E-state index in [1.54, 1.807) is 28.3 Å². The molecule has 0 aliphatic heterocycles. The summed E-state index contributed by atoms with van der Waals surface area (Å²) in [7, 11) is 0. The van der Waals surface area contributed by atoms with E-state index in [0.717, 1.165) is 12.8 Å². The molecule has 0 bridgehead atoms. The van der Waals surface area contributed by atoms with Crippen molar-refractivity contribution in [2.45, 2.75) is 25.4 Å². The number of nitrogens with one attached hydrogen (secondary N) is 1. The van der Waals surface area contributed by atoms with Crippen molar-refractivity contribution in [2.75, 3.05) is 0 Å². The zero-order valence-electron chi connectivity index (χ0n) is 14.2. The number of rotatable bonds is 5. The van der Waals surface area contributed by atoms with Crippen LogP contribution in [0, 0.1) is 5.82 Å². The van der Waals surface area contributed by atoms with Crippen molar-refractivity contribution in [3.63, 3.8) is 0 Å². The van der Waals surface area contributed by atoms with Crippen LogP contribution in [-0.2, 0) is 6.54 Å². The quantitative estimate of drug-likeness (QED) is 0.734. The van der Waals surface area contributed by atoms with Gasteiger partial charge >= 0.3 is 0 Å². The summed E-state index contributed by atoms with van der Waals surface area (Å²) in [4.78, 5) is 28.9. The summed E-state index contributed by atoms with van der Waals surface area (Å²) in [6, 6.07) is 8.88. The molecule has 8 heteroatoms. The number of nitrogens with zero attached hydrogens (tertiary/aromatic N) is 2. The molecule has 1 fully saturated rings. The average molecular weight is 385 g/mol. The number of carbonyl (C=O) groups excluding carboxylic acids is 2. The summed E-state index contributed by atoms with van der Waals surface area (Å²) in [5.41, 5.74) is 0.313. The molecule has 1 aliphatic rings. The Hall–Kier alpha value is -3.00. The van der Waals surface area contributed by atoms with Crippen molar-refractivity contribution in [2.24, 2.45) is 4.99 Å². The zero-order chi connectivity index (χ0) is 18.8. The lowest BCUT2D eigenvalue weighted by Crippen LogP contribution is -2.24. The third-order valence-corrected chi connectivity index (χ3v) is 4.87. The van der Waals surface area contributed by atoms with E-state index in [2.05, 4.69) is 10.3 Å². The molecule has 0 atom stereocenters. The molecule has 1 saturated carbocycles. The monoisotopic (exact) mass is 385 g/mol. The van der Waals surface area contributed by atoms with E-state index >= 15 is 0 Å². The van der Waals surface area contributed by atoms with E-state index < -0.39 is 11.7 Å². The van der Waals surface area contributed by atoms with E-state index in [0.29, 0.717) is 22.7 Å². The van der Waals surface area contributed by atoms with Gasteiger partial charge in [-0.2, -0.15) is 4.99 Å². The second kappa shape index (κ2) is 7.32. The van der Waals surface area contributed by atoms with Crippen LogP contribution in [0.5, 0.6) is 0 Å². The predicted octanol–water partition coefficient (Wildman–Crippen LogP) is 2.96. The number of halogens is 1. The summed E-state index contributed by atoms with van der Waals surface area (Å²) in [6.45, 7) is 0.343. The lowest BCUT2D eigenvalue weighted by atomic mass is 10.2. The molecule has 2 aromatic heterocycles. The average Bonchev–Trinajstić information content (AvgIpc) is 3.16. The third-order valence-electron chi connectivity index (χ3n) is 4.07. The van der Waals surface area contributed by atoms with E-state index in [-0.39, 0.29) is 17.7 Å². The maximum atomic E-state index is 13.0. The molecule has 0 saturated heterocycles. The molecule has 1 N–H and O–H groups in total. The molecule has 6 nitrogen and oxygen atoms in total. The largest absolute Gasteiger partial charge is 0.454 e. The number of aromatic nitrogens is 1. The van der Waals surface area contributed by atoms with Gasteiger partial charge in [-0.3, -0.25) is 9.59 Å². The molecule has 0 unspecified atom stereocenters. The Balaban J connectivity index is 1.50. The Morgan fingerprint density at radius 2 is 2.00 bits per heavy atom. The fourth-order valence-corrected chi connectivity index (χ4v) is 3.21. The highest BCUT2D eigenvalue weighted by atomic mass is 32.1. The molecule has 3 aromatic rings. The first-order valence-corrected chi connectivity index (χ1v) is 9.34. The molecule has 1 aromatic carbocycles. The molecule has 4 rings (SSSR count). The van der Waals surface area contributed by atoms with Gasteiger partial charge in [0.25, 0.3) is 11.8 Å². The fourth-order valence-electron chi connectivity index (χ4n) is 2.49. The van der Waals surface area contributed by atoms with Crippen molar-refractivity contribution in [1.29, 1.82) is 0 Å². The van der Waals surface area contributed by atoms with Gasteiger partial charge < -0.3 is 14.3 Å². The van der Waals surface area contributed by atoms with Crippen molar-refractivity contribution in [3.05, 3.63) is 75.7 Å². The Bertz CT molecular complexity index is 1040. The van der Waals surface area contributed by atoms with Gasteiger partial charge in [-0.05, 0) is 49.2 Å². The summed E-state index contributed by atoms with van der Waals surface area (Å²) in [5.74, 6) is -0.207. The summed E-state index contributed by atoms with van der Waals surface area (Å²) in [6.07, 6.45) is 3.81. The van der Waals surface area contributed by atoms with Gasteiger partial charge in [-0.1, -0.05) is 0 Å². The van der Waals surface area contributed by atoms with Gasteiger partial charge in [0.05, 0.1) is 6.54 Å². The third kappa shape index (κ3) is 4.22. The maximum absolute atomic E-state index is 13.0. The van der Waals surface area contributed by atoms with Crippen molar-refractivity contribution in [1.82, 2.24) is 9.88 Å².